The molecule has 0 bridgehead atoms. The number of ether oxygens (including phenoxy) is 2. The predicted octanol–water partition coefficient (Wildman–Crippen LogP) is -1.61. The normalized spacial score (nSPS) is 18.1. The smallest absolute Gasteiger partial charge is 0.259 e. The lowest BCUT2D eigenvalue weighted by atomic mass is 10.3. The van der Waals surface area contributed by atoms with Crippen molar-refractivity contribution in [2.24, 2.45) is 5.84 Å². The Kier molecular flexibility index (Phi) is 2.61. The lowest BCUT2D eigenvalue weighted by Crippen LogP contribution is -2.40. The van der Waals surface area contributed by atoms with E-state index in [-0.39, 0.29) is 18.6 Å². The number of hydrogen-bond donors (Lipinski definition) is 2. The number of nitrogens with one attached hydrogen (secondary N) is 1. The molecule has 1 fully saturated rings. The van der Waals surface area contributed by atoms with E-state index < -0.39 is 0 Å². The van der Waals surface area contributed by atoms with Gasteiger partial charge in [-0.15, -0.1) is 0 Å². The first kappa shape index (κ1) is 7.46. The van der Waals surface area contributed by atoms with E-state index in [4.69, 9.17) is 15.3 Å². The van der Waals surface area contributed by atoms with Crippen molar-refractivity contribution in [3.05, 3.63) is 0 Å². The number of hydrogen-bond acceptors (Lipinski definition) is 4. The summed E-state index contributed by atoms with van der Waals surface area (Å²) in [6.07, 6.45) is 0.0808. The second kappa shape index (κ2) is 3.50. The number of carbonyl (C=O) groups is 1. The molecule has 10 heavy (non-hydrogen) atoms. The minimum atomic E-state index is -0.313. The van der Waals surface area contributed by atoms with Crippen molar-refractivity contribution < 1.29 is 14.3 Å². The molecule has 0 spiro atoms. The Hall–Kier alpha value is -0.650. The zero-order valence-electron chi connectivity index (χ0n) is 5.50. The van der Waals surface area contributed by atoms with Crippen molar-refractivity contribution in [3.8, 4) is 0 Å². The second-order valence-corrected chi connectivity index (χ2v) is 2.04. The van der Waals surface area contributed by atoms with Crippen LogP contribution >= 0.6 is 0 Å². The van der Waals surface area contributed by atoms with E-state index in [0.29, 0.717) is 13.2 Å². The number of carbonyl (C=O) groups excluding carboxylic acids is 1. The highest BCUT2D eigenvalue weighted by Gasteiger charge is 2.19. The van der Waals surface area contributed by atoms with E-state index in [0.717, 1.165) is 0 Å². The van der Waals surface area contributed by atoms with Crippen LogP contribution in [0.3, 0.4) is 0 Å². The van der Waals surface area contributed by atoms with Crippen LogP contribution in [0.25, 0.3) is 0 Å². The Morgan fingerprint density at radius 2 is 2.50 bits per heavy atom. The molecule has 0 atom stereocenters. The van der Waals surface area contributed by atoms with Gasteiger partial charge >= 0.3 is 0 Å². The summed E-state index contributed by atoms with van der Waals surface area (Å²) in [4.78, 5) is 10.5. The van der Waals surface area contributed by atoms with E-state index in [1.165, 1.54) is 0 Å². The minimum absolute atomic E-state index is 0.0184. The third kappa shape index (κ3) is 1.94. The average Bonchev–Trinajstić information content (AvgIpc) is 1.84. The van der Waals surface area contributed by atoms with E-state index in [1.54, 1.807) is 0 Å². The largest absolute Gasteiger partial charge is 0.376 e. The number of nitrogens with two attached hydrogens (primary N) is 1. The maximum Gasteiger partial charge on any atom is 0.259 e. The van der Waals surface area contributed by atoms with Crippen molar-refractivity contribution in [3.63, 3.8) is 0 Å². The highest BCUT2D eigenvalue weighted by Crippen LogP contribution is 2.03. The standard InChI is InChI=1S/C5H10N2O3/c6-7-5(8)3-10-4-1-9-2-4/h4H,1-3,6H2,(H,7,8). The van der Waals surface area contributed by atoms with Gasteiger partial charge in [-0.05, 0) is 0 Å². The lowest BCUT2D eigenvalue weighted by Gasteiger charge is -2.25. The topological polar surface area (TPSA) is 73.6 Å². The van der Waals surface area contributed by atoms with Crippen molar-refractivity contribution in [1.82, 2.24) is 5.43 Å². The van der Waals surface area contributed by atoms with E-state index in [9.17, 15) is 4.79 Å². The summed E-state index contributed by atoms with van der Waals surface area (Å²) in [5.41, 5.74) is 1.96. The molecule has 0 saturated carbocycles. The van der Waals surface area contributed by atoms with Gasteiger partial charge in [0.05, 0.1) is 13.2 Å². The summed E-state index contributed by atoms with van der Waals surface area (Å²) < 4.78 is 9.83. The average molecular weight is 146 g/mol. The fraction of sp³-hybridized carbons (Fsp3) is 0.800. The fourth-order valence-corrected chi connectivity index (χ4v) is 0.546. The predicted molar refractivity (Wildman–Crippen MR) is 32.9 cm³/mol. The number of hydrazine groups is 1. The van der Waals surface area contributed by atoms with Crippen LogP contribution in [0.5, 0.6) is 0 Å². The molecule has 1 rings (SSSR count). The summed E-state index contributed by atoms with van der Waals surface area (Å²) in [5, 5.41) is 0. The highest BCUT2D eigenvalue weighted by molar-refractivity contribution is 5.76. The summed E-state index contributed by atoms with van der Waals surface area (Å²) in [6.45, 7) is 1.18. The molecule has 1 amide bonds. The summed E-state index contributed by atoms with van der Waals surface area (Å²) in [7, 11) is 0. The van der Waals surface area contributed by atoms with Gasteiger partial charge in [0.2, 0.25) is 0 Å². The Bertz CT molecular complexity index is 124. The third-order valence-electron chi connectivity index (χ3n) is 1.22. The molecule has 0 aliphatic carbocycles. The van der Waals surface area contributed by atoms with Gasteiger partial charge in [-0.2, -0.15) is 0 Å². The molecule has 0 aromatic carbocycles. The van der Waals surface area contributed by atoms with Gasteiger partial charge in [-0.3, -0.25) is 10.2 Å². The van der Waals surface area contributed by atoms with Crippen molar-refractivity contribution in [2.75, 3.05) is 19.8 Å². The van der Waals surface area contributed by atoms with Crippen LogP contribution in [0.2, 0.25) is 0 Å². The quantitative estimate of drug-likeness (QED) is 0.285. The molecule has 3 N–H and O–H groups in total. The van der Waals surface area contributed by atoms with Gasteiger partial charge in [0.1, 0.15) is 12.7 Å². The molecular formula is C5H10N2O3. The molecule has 1 aliphatic heterocycles. The summed E-state index contributed by atoms with van der Waals surface area (Å²) >= 11 is 0. The van der Waals surface area contributed by atoms with Gasteiger partial charge in [0.25, 0.3) is 5.91 Å². The van der Waals surface area contributed by atoms with Crippen LogP contribution in [0.1, 0.15) is 0 Å². The minimum Gasteiger partial charge on any atom is -0.376 e. The Morgan fingerprint density at radius 3 is 2.90 bits per heavy atom. The molecule has 0 unspecified atom stereocenters. The molecule has 0 aromatic heterocycles. The monoisotopic (exact) mass is 146 g/mol. The van der Waals surface area contributed by atoms with Crippen LogP contribution in [-0.2, 0) is 14.3 Å². The highest BCUT2D eigenvalue weighted by atomic mass is 16.6. The first-order valence-electron chi connectivity index (χ1n) is 3.01. The Balaban J connectivity index is 1.98. The van der Waals surface area contributed by atoms with E-state index in [2.05, 4.69) is 0 Å². The van der Waals surface area contributed by atoms with Gasteiger partial charge in [-0.1, -0.05) is 0 Å². The lowest BCUT2D eigenvalue weighted by molar-refractivity contribution is -0.148. The molecule has 5 nitrogen and oxygen atoms in total. The third-order valence-corrected chi connectivity index (χ3v) is 1.22. The van der Waals surface area contributed by atoms with Gasteiger partial charge in [-0.25, -0.2) is 5.84 Å². The molecule has 58 valence electrons. The molecule has 0 aromatic rings. The van der Waals surface area contributed by atoms with Crippen LogP contribution in [-0.4, -0.2) is 31.8 Å². The molecule has 1 saturated heterocycles. The van der Waals surface area contributed by atoms with Crippen molar-refractivity contribution in [1.29, 1.82) is 0 Å². The Labute approximate surface area is 58.4 Å². The first-order chi connectivity index (χ1) is 4.83. The molecule has 0 radical (unpaired) electrons. The molecule has 5 heteroatoms. The van der Waals surface area contributed by atoms with Crippen LogP contribution in [0.15, 0.2) is 0 Å². The van der Waals surface area contributed by atoms with Crippen LogP contribution in [0, 0.1) is 0 Å². The second-order valence-electron chi connectivity index (χ2n) is 2.04. The number of rotatable bonds is 3. The van der Waals surface area contributed by atoms with Gasteiger partial charge in [0, 0.05) is 0 Å². The maximum atomic E-state index is 10.5. The Morgan fingerprint density at radius 1 is 1.80 bits per heavy atom. The van der Waals surface area contributed by atoms with Crippen LogP contribution < -0.4 is 11.3 Å². The summed E-state index contributed by atoms with van der Waals surface area (Å²) in [6, 6.07) is 0. The van der Waals surface area contributed by atoms with Gasteiger partial charge in [0.15, 0.2) is 0 Å². The van der Waals surface area contributed by atoms with Crippen molar-refractivity contribution in [2.45, 2.75) is 6.10 Å². The molecule has 1 heterocycles. The molecule has 1 aliphatic rings. The fourth-order valence-electron chi connectivity index (χ4n) is 0.546. The SMILES string of the molecule is NNC(=O)COC1COC1. The zero-order valence-corrected chi connectivity index (χ0v) is 5.50. The summed E-state index contributed by atoms with van der Waals surface area (Å²) in [5.74, 6) is 4.49. The maximum absolute atomic E-state index is 10.5. The number of amides is 1. The first-order valence-corrected chi connectivity index (χ1v) is 3.01. The van der Waals surface area contributed by atoms with Crippen LogP contribution in [0.4, 0.5) is 0 Å². The zero-order chi connectivity index (χ0) is 7.40. The van der Waals surface area contributed by atoms with E-state index >= 15 is 0 Å². The van der Waals surface area contributed by atoms with Gasteiger partial charge < -0.3 is 9.47 Å². The van der Waals surface area contributed by atoms with Crippen molar-refractivity contribution >= 4 is 5.91 Å². The molecular weight excluding hydrogens is 136 g/mol. The van der Waals surface area contributed by atoms with E-state index in [1.807, 2.05) is 5.43 Å².